The number of alkyl halides is 3. The number of nitrogens with zero attached hydrogens (tertiary/aromatic N) is 1. The van der Waals surface area contributed by atoms with E-state index in [1.807, 2.05) is 0 Å². The molecule has 0 amide bonds. The van der Waals surface area contributed by atoms with Gasteiger partial charge in [-0.3, -0.25) is 9.52 Å². The molecule has 1 aromatic heterocycles. The summed E-state index contributed by atoms with van der Waals surface area (Å²) in [5.41, 5.74) is -1.45. The van der Waals surface area contributed by atoms with Crippen LogP contribution in [-0.2, 0) is 27.0 Å². The highest BCUT2D eigenvalue weighted by atomic mass is 35.5. The van der Waals surface area contributed by atoms with E-state index in [9.17, 15) is 30.6 Å². The SMILES string of the molecule is Cc1cccc(S(C)(=O)=O)c1C(=O)c1ncc(Cl)cc1NS(=O)c1ccc(Cl)c(C(F)(F)F)c1. The fraction of sp³-hybridized carbons (Fsp3) is 0.143. The quantitative estimate of drug-likeness (QED) is 0.410. The average molecular weight is 551 g/mol. The number of hydrogen-bond donors (Lipinski definition) is 1. The molecule has 0 spiro atoms. The van der Waals surface area contributed by atoms with Gasteiger partial charge in [0.15, 0.2) is 9.84 Å². The number of carbonyl (C=O) groups is 1. The molecule has 13 heteroatoms. The number of benzene rings is 2. The summed E-state index contributed by atoms with van der Waals surface area (Å²) in [7, 11) is -6.08. The summed E-state index contributed by atoms with van der Waals surface area (Å²) in [6.07, 6.45) is -2.70. The van der Waals surface area contributed by atoms with Crippen molar-refractivity contribution in [1.82, 2.24) is 4.98 Å². The van der Waals surface area contributed by atoms with Gasteiger partial charge in [0, 0.05) is 18.0 Å². The summed E-state index contributed by atoms with van der Waals surface area (Å²) in [4.78, 5) is 16.8. The Morgan fingerprint density at radius 1 is 1.12 bits per heavy atom. The molecule has 0 saturated carbocycles. The molecule has 0 aliphatic rings. The number of halogens is 5. The van der Waals surface area contributed by atoms with Crippen LogP contribution in [0.4, 0.5) is 18.9 Å². The molecule has 34 heavy (non-hydrogen) atoms. The third-order valence-corrected chi connectivity index (χ3v) is 7.35. The topological polar surface area (TPSA) is 93.2 Å². The Labute approximate surface area is 205 Å². The van der Waals surface area contributed by atoms with Crippen molar-refractivity contribution in [3.8, 4) is 0 Å². The Morgan fingerprint density at radius 2 is 1.79 bits per heavy atom. The van der Waals surface area contributed by atoms with Gasteiger partial charge in [0.1, 0.15) is 16.7 Å². The second-order valence-electron chi connectivity index (χ2n) is 7.11. The van der Waals surface area contributed by atoms with Crippen molar-refractivity contribution in [3.05, 3.63) is 81.1 Å². The monoisotopic (exact) mass is 550 g/mol. The first-order chi connectivity index (χ1) is 15.7. The number of anilines is 1. The van der Waals surface area contributed by atoms with Crippen molar-refractivity contribution < 1.29 is 30.6 Å². The smallest absolute Gasteiger partial charge is 0.299 e. The largest absolute Gasteiger partial charge is 0.417 e. The normalized spacial score (nSPS) is 12.9. The van der Waals surface area contributed by atoms with E-state index >= 15 is 0 Å². The number of aromatic nitrogens is 1. The second-order valence-corrected chi connectivity index (χ2v) is 11.2. The number of ketones is 1. The molecule has 0 fully saturated rings. The van der Waals surface area contributed by atoms with Crippen molar-refractivity contribution in [2.24, 2.45) is 0 Å². The summed E-state index contributed by atoms with van der Waals surface area (Å²) in [5, 5.41) is -0.530. The van der Waals surface area contributed by atoms with Gasteiger partial charge < -0.3 is 0 Å². The maximum Gasteiger partial charge on any atom is 0.417 e. The van der Waals surface area contributed by atoms with E-state index in [0.29, 0.717) is 11.6 Å². The Bertz CT molecular complexity index is 1430. The van der Waals surface area contributed by atoms with Crippen LogP contribution in [0.2, 0.25) is 10.0 Å². The third kappa shape index (κ3) is 5.60. The molecule has 1 unspecified atom stereocenters. The molecule has 0 radical (unpaired) electrons. The van der Waals surface area contributed by atoms with E-state index < -0.39 is 43.4 Å². The third-order valence-electron chi connectivity index (χ3n) is 4.59. The Hall–Kier alpha value is -2.47. The molecule has 3 rings (SSSR count). The lowest BCUT2D eigenvalue weighted by Gasteiger charge is -2.15. The number of carbonyl (C=O) groups excluding carboxylic acids is 1. The van der Waals surface area contributed by atoms with Crippen LogP contribution < -0.4 is 4.72 Å². The van der Waals surface area contributed by atoms with Gasteiger partial charge in [-0.15, -0.1) is 0 Å². The van der Waals surface area contributed by atoms with Gasteiger partial charge >= 0.3 is 6.18 Å². The standard InChI is InChI=1S/C21H15Cl2F3N2O4S2/c1-11-4-3-5-17(34(2,31)32)18(11)20(29)19-16(8-12(22)10-27-19)28-33(30)13-6-7-15(23)14(9-13)21(24,25)26/h3-10,28H,1-2H3. The fourth-order valence-corrected chi connectivity index (χ4v) is 5.28. The lowest BCUT2D eigenvalue weighted by molar-refractivity contribution is -0.137. The first kappa shape index (κ1) is 26.1. The number of pyridine rings is 1. The van der Waals surface area contributed by atoms with Gasteiger partial charge in [-0.1, -0.05) is 35.3 Å². The van der Waals surface area contributed by atoms with E-state index in [4.69, 9.17) is 23.2 Å². The molecule has 1 N–H and O–H groups in total. The number of aryl methyl sites for hydroxylation is 1. The van der Waals surface area contributed by atoms with Gasteiger partial charge in [-0.2, -0.15) is 13.2 Å². The molecule has 6 nitrogen and oxygen atoms in total. The molecule has 1 heterocycles. The van der Waals surface area contributed by atoms with Crippen LogP contribution >= 0.6 is 23.2 Å². The van der Waals surface area contributed by atoms with Gasteiger partial charge in [0.25, 0.3) is 0 Å². The number of nitrogens with one attached hydrogen (secondary N) is 1. The highest BCUT2D eigenvalue weighted by molar-refractivity contribution is 7.90. The fourth-order valence-electron chi connectivity index (χ4n) is 3.05. The zero-order valence-corrected chi connectivity index (χ0v) is 20.6. The zero-order chi connectivity index (χ0) is 25.4. The van der Waals surface area contributed by atoms with Crippen LogP contribution in [0.3, 0.4) is 0 Å². The summed E-state index contributed by atoms with van der Waals surface area (Å²) >= 11 is 11.6. The lowest BCUT2D eigenvalue weighted by Crippen LogP contribution is -2.16. The van der Waals surface area contributed by atoms with Crippen molar-refractivity contribution >= 4 is 55.5 Å². The van der Waals surface area contributed by atoms with Crippen LogP contribution in [-0.4, -0.2) is 29.6 Å². The van der Waals surface area contributed by atoms with Gasteiger partial charge in [-0.05, 0) is 42.8 Å². The van der Waals surface area contributed by atoms with E-state index in [2.05, 4.69) is 9.71 Å². The Balaban J connectivity index is 2.08. The van der Waals surface area contributed by atoms with Gasteiger partial charge in [-0.25, -0.2) is 17.6 Å². The first-order valence-corrected chi connectivity index (χ1v) is 13.0. The van der Waals surface area contributed by atoms with E-state index in [0.717, 1.165) is 24.6 Å². The van der Waals surface area contributed by atoms with Crippen LogP contribution in [0.15, 0.2) is 58.5 Å². The molecule has 0 aliphatic heterocycles. The van der Waals surface area contributed by atoms with Crippen molar-refractivity contribution in [2.45, 2.75) is 22.9 Å². The minimum Gasteiger partial charge on any atom is -0.299 e. The molecule has 1 atom stereocenters. The average Bonchev–Trinajstić information content (AvgIpc) is 2.72. The number of sulfone groups is 1. The summed E-state index contributed by atoms with van der Waals surface area (Å²) in [6.45, 7) is 1.54. The molecule has 0 saturated heterocycles. The van der Waals surface area contributed by atoms with Crippen molar-refractivity contribution in [2.75, 3.05) is 11.0 Å². The predicted octanol–water partition coefficient (Wildman–Crippen LogP) is 5.48. The van der Waals surface area contributed by atoms with Crippen LogP contribution in [0.1, 0.15) is 27.2 Å². The summed E-state index contributed by atoms with van der Waals surface area (Å²) in [5.74, 6) is -0.804. The molecule has 180 valence electrons. The molecule has 0 aliphatic carbocycles. The molecular formula is C21H15Cl2F3N2O4S2. The van der Waals surface area contributed by atoms with Gasteiger partial charge in [0.05, 0.1) is 31.1 Å². The molecule has 2 aromatic carbocycles. The number of rotatable bonds is 6. The highest BCUT2D eigenvalue weighted by Gasteiger charge is 2.34. The molecular weight excluding hydrogens is 536 g/mol. The van der Waals surface area contributed by atoms with E-state index in [1.54, 1.807) is 0 Å². The van der Waals surface area contributed by atoms with E-state index in [-0.39, 0.29) is 31.8 Å². The summed E-state index contributed by atoms with van der Waals surface area (Å²) < 4.78 is 79.2. The maximum absolute atomic E-state index is 13.3. The lowest BCUT2D eigenvalue weighted by atomic mass is 10.0. The van der Waals surface area contributed by atoms with Crippen LogP contribution in [0.5, 0.6) is 0 Å². The zero-order valence-electron chi connectivity index (χ0n) is 17.4. The molecule has 3 aromatic rings. The predicted molar refractivity (Wildman–Crippen MR) is 123 cm³/mol. The summed E-state index contributed by atoms with van der Waals surface area (Å²) in [6, 6.07) is 8.19. The highest BCUT2D eigenvalue weighted by Crippen LogP contribution is 2.36. The minimum absolute atomic E-state index is 0.0382. The second kappa shape index (κ2) is 9.65. The minimum atomic E-state index is -4.77. The maximum atomic E-state index is 13.3. The Morgan fingerprint density at radius 3 is 2.41 bits per heavy atom. The number of hydrogen-bond acceptors (Lipinski definition) is 5. The van der Waals surface area contributed by atoms with Crippen molar-refractivity contribution in [3.63, 3.8) is 0 Å². The Kier molecular flexibility index (Phi) is 7.42. The first-order valence-electron chi connectivity index (χ1n) is 9.25. The van der Waals surface area contributed by atoms with Crippen LogP contribution in [0.25, 0.3) is 0 Å². The van der Waals surface area contributed by atoms with Crippen LogP contribution in [0, 0.1) is 6.92 Å². The van der Waals surface area contributed by atoms with Gasteiger partial charge in [0.2, 0.25) is 5.78 Å². The molecule has 0 bridgehead atoms. The van der Waals surface area contributed by atoms with Crippen molar-refractivity contribution in [1.29, 1.82) is 0 Å². The van der Waals surface area contributed by atoms with E-state index in [1.165, 1.54) is 31.2 Å².